The summed E-state index contributed by atoms with van der Waals surface area (Å²) in [6, 6.07) is 8.67. The molecular formula is C25H23N3O6. The van der Waals surface area contributed by atoms with Crippen LogP contribution in [0.4, 0.5) is 0 Å². The number of benzene rings is 2. The molecule has 0 amide bonds. The third kappa shape index (κ3) is 3.28. The summed E-state index contributed by atoms with van der Waals surface area (Å²) in [5.74, 6) is -0.374. The molecule has 2 aromatic carbocycles. The zero-order valence-corrected chi connectivity index (χ0v) is 19.1. The monoisotopic (exact) mass is 461 g/mol. The molecule has 0 bridgehead atoms. The van der Waals surface area contributed by atoms with Gasteiger partial charge < -0.3 is 24.1 Å². The second-order valence-corrected chi connectivity index (χ2v) is 8.35. The third-order valence-electron chi connectivity index (χ3n) is 5.88. The van der Waals surface area contributed by atoms with Crippen molar-refractivity contribution in [3.05, 3.63) is 52.3 Å². The van der Waals surface area contributed by atoms with Gasteiger partial charge in [0.2, 0.25) is 0 Å². The summed E-state index contributed by atoms with van der Waals surface area (Å²) in [6.45, 7) is 5.37. The molecule has 9 heteroatoms. The van der Waals surface area contributed by atoms with E-state index in [4.69, 9.17) is 24.0 Å². The van der Waals surface area contributed by atoms with E-state index < -0.39 is 12.6 Å². The molecule has 0 saturated heterocycles. The van der Waals surface area contributed by atoms with Crippen LogP contribution in [-0.2, 0) is 4.79 Å². The van der Waals surface area contributed by atoms with Gasteiger partial charge in [-0.05, 0) is 50.6 Å². The van der Waals surface area contributed by atoms with Crippen LogP contribution < -0.4 is 14.9 Å². The molecule has 2 N–H and O–H groups in total. The maximum absolute atomic E-state index is 12.3. The van der Waals surface area contributed by atoms with Gasteiger partial charge >= 0.3 is 5.97 Å². The Morgan fingerprint density at radius 1 is 1.18 bits per heavy atom. The highest BCUT2D eigenvalue weighted by Gasteiger charge is 2.23. The lowest BCUT2D eigenvalue weighted by Gasteiger charge is -2.13. The number of aliphatic carboxylic acids is 1. The highest BCUT2D eigenvalue weighted by atomic mass is 16.5. The number of aryl methyl sites for hydroxylation is 1. The van der Waals surface area contributed by atoms with E-state index in [9.17, 15) is 9.59 Å². The molecule has 34 heavy (non-hydrogen) atoms. The summed E-state index contributed by atoms with van der Waals surface area (Å²) in [4.78, 5) is 28.1. The number of hydrogen-bond donors (Lipinski definition) is 2. The summed E-state index contributed by atoms with van der Waals surface area (Å²) in [5, 5.41) is 13.8. The number of aromatic nitrogens is 3. The first-order valence-electron chi connectivity index (χ1n) is 10.8. The van der Waals surface area contributed by atoms with Crippen LogP contribution in [0.2, 0.25) is 0 Å². The van der Waals surface area contributed by atoms with E-state index in [-0.39, 0.29) is 11.5 Å². The van der Waals surface area contributed by atoms with Crippen molar-refractivity contribution >= 4 is 39.1 Å². The van der Waals surface area contributed by atoms with Crippen LogP contribution in [0.25, 0.3) is 44.2 Å². The molecule has 0 aliphatic rings. The molecule has 0 aliphatic carbocycles. The van der Waals surface area contributed by atoms with E-state index in [0.29, 0.717) is 33.7 Å². The van der Waals surface area contributed by atoms with Crippen molar-refractivity contribution in [3.8, 4) is 22.6 Å². The Morgan fingerprint density at radius 3 is 2.68 bits per heavy atom. The van der Waals surface area contributed by atoms with E-state index in [1.54, 1.807) is 25.1 Å². The van der Waals surface area contributed by atoms with Crippen LogP contribution in [0.5, 0.6) is 11.5 Å². The van der Waals surface area contributed by atoms with Crippen LogP contribution in [0.1, 0.15) is 25.5 Å². The number of fused-ring (bicyclic) bond motifs is 4. The molecule has 3 aromatic heterocycles. The summed E-state index contributed by atoms with van der Waals surface area (Å²) in [6.07, 6.45) is 1.87. The maximum Gasteiger partial charge on any atom is 0.341 e. The predicted octanol–water partition coefficient (Wildman–Crippen LogP) is 4.65. The largest absolute Gasteiger partial charge is 0.493 e. The molecule has 5 aromatic rings. The Bertz CT molecular complexity index is 1640. The fourth-order valence-electron chi connectivity index (χ4n) is 4.22. The second-order valence-electron chi connectivity index (χ2n) is 8.35. The highest BCUT2D eigenvalue weighted by Crippen LogP contribution is 2.42. The molecule has 0 aliphatic heterocycles. The number of furan rings is 1. The van der Waals surface area contributed by atoms with Crippen molar-refractivity contribution in [1.82, 2.24) is 14.8 Å². The van der Waals surface area contributed by atoms with Gasteiger partial charge in [-0.2, -0.15) is 0 Å². The minimum absolute atomic E-state index is 0.0979. The molecule has 9 nitrogen and oxygen atoms in total. The molecule has 0 spiro atoms. The smallest absolute Gasteiger partial charge is 0.341 e. The van der Waals surface area contributed by atoms with Gasteiger partial charge in [-0.3, -0.25) is 9.48 Å². The summed E-state index contributed by atoms with van der Waals surface area (Å²) in [5.41, 5.74) is 4.44. The molecule has 0 saturated carbocycles. The van der Waals surface area contributed by atoms with Crippen molar-refractivity contribution in [1.29, 1.82) is 0 Å². The van der Waals surface area contributed by atoms with E-state index in [0.717, 1.165) is 27.5 Å². The Morgan fingerprint density at radius 2 is 1.97 bits per heavy atom. The molecule has 0 unspecified atom stereocenters. The van der Waals surface area contributed by atoms with Gasteiger partial charge in [0, 0.05) is 34.1 Å². The molecule has 5 rings (SSSR count). The first kappa shape index (κ1) is 21.6. The Balaban J connectivity index is 1.85. The predicted molar refractivity (Wildman–Crippen MR) is 128 cm³/mol. The zero-order valence-electron chi connectivity index (χ0n) is 19.1. The first-order chi connectivity index (χ1) is 16.3. The van der Waals surface area contributed by atoms with E-state index in [2.05, 4.69) is 18.9 Å². The zero-order chi connectivity index (χ0) is 24.1. The van der Waals surface area contributed by atoms with Crippen molar-refractivity contribution in [2.24, 2.45) is 0 Å². The first-order valence-corrected chi connectivity index (χ1v) is 10.8. The summed E-state index contributed by atoms with van der Waals surface area (Å²) in [7, 11) is 1.49. The van der Waals surface area contributed by atoms with Gasteiger partial charge in [0.15, 0.2) is 34.8 Å². The van der Waals surface area contributed by atoms with Crippen molar-refractivity contribution in [2.45, 2.75) is 26.8 Å². The van der Waals surface area contributed by atoms with Crippen LogP contribution in [0.15, 0.2) is 45.7 Å². The number of nitrogens with zero attached hydrogens (tertiary/aromatic N) is 2. The average Bonchev–Trinajstić information content (AvgIpc) is 3.40. The number of carboxylic acid groups (broad SMARTS) is 1. The molecule has 3 heterocycles. The van der Waals surface area contributed by atoms with Gasteiger partial charge in [-0.15, -0.1) is 0 Å². The van der Waals surface area contributed by atoms with E-state index in [1.165, 1.54) is 13.2 Å². The lowest BCUT2D eigenvalue weighted by Crippen LogP contribution is -2.10. The molecular weight excluding hydrogens is 438 g/mol. The number of ether oxygens (including phenoxy) is 2. The maximum atomic E-state index is 12.3. The van der Waals surface area contributed by atoms with E-state index >= 15 is 0 Å². The second kappa shape index (κ2) is 7.95. The van der Waals surface area contributed by atoms with Gasteiger partial charge in [0.25, 0.3) is 0 Å². The van der Waals surface area contributed by atoms with Gasteiger partial charge in [0.05, 0.1) is 7.11 Å². The summed E-state index contributed by atoms with van der Waals surface area (Å²) < 4.78 is 19.1. The van der Waals surface area contributed by atoms with Gasteiger partial charge in [0.1, 0.15) is 11.1 Å². The number of hydrogen-bond acceptors (Lipinski definition) is 6. The quantitative estimate of drug-likeness (QED) is 0.378. The summed E-state index contributed by atoms with van der Waals surface area (Å²) >= 11 is 0. The molecule has 0 radical (unpaired) electrons. The molecule has 174 valence electrons. The van der Waals surface area contributed by atoms with E-state index in [1.807, 2.05) is 16.9 Å². The van der Waals surface area contributed by atoms with Crippen molar-refractivity contribution < 1.29 is 23.8 Å². The standard InChI is InChI=1S/C25H23N3O6/c1-12(2)28-25-16(10-26-28)21(14-5-8-18(19(9-14)32-4)33-11-20(30)31)24-22(27-25)15-6-7-17(29)13(3)23(15)34-24/h5-10,12,26H,11H2,1-4H3,(H,30,31). The van der Waals surface area contributed by atoms with Gasteiger partial charge in [-0.25, -0.2) is 9.78 Å². The number of aromatic amines is 1. The van der Waals surface area contributed by atoms with Crippen LogP contribution in [0, 0.1) is 6.92 Å². The average molecular weight is 461 g/mol. The lowest BCUT2D eigenvalue weighted by molar-refractivity contribution is -0.139. The normalized spacial score (nSPS) is 11.7. The minimum Gasteiger partial charge on any atom is -0.493 e. The van der Waals surface area contributed by atoms with Crippen LogP contribution in [0.3, 0.4) is 0 Å². The molecule has 0 fully saturated rings. The Hall–Kier alpha value is -4.27. The van der Waals surface area contributed by atoms with Gasteiger partial charge in [-0.1, -0.05) is 6.07 Å². The number of pyridine rings is 1. The number of carboxylic acids is 1. The number of carbonyl (C=O) groups is 1. The van der Waals surface area contributed by atoms with Crippen molar-refractivity contribution in [2.75, 3.05) is 13.7 Å². The highest BCUT2D eigenvalue weighted by molar-refractivity contribution is 6.14. The van der Waals surface area contributed by atoms with Crippen LogP contribution >= 0.6 is 0 Å². The lowest BCUT2D eigenvalue weighted by atomic mass is 10.0. The number of rotatable bonds is 6. The Labute approximate surface area is 193 Å². The topological polar surface area (TPSA) is 120 Å². The minimum atomic E-state index is -1.08. The number of nitrogens with one attached hydrogen (secondary N) is 1. The van der Waals surface area contributed by atoms with Crippen LogP contribution in [-0.4, -0.2) is 39.6 Å². The fraction of sp³-hybridized carbons (Fsp3) is 0.240. The molecule has 0 atom stereocenters. The fourth-order valence-corrected chi connectivity index (χ4v) is 4.22. The number of H-pyrrole nitrogens is 1. The SMILES string of the molecule is COc1cc(-c2c3c[nH]n(C(C)C)c3nc3c2oc2c(C)c(=O)ccc23)ccc1OCC(=O)O. The van der Waals surface area contributed by atoms with Crippen molar-refractivity contribution in [3.63, 3.8) is 0 Å². The Kier molecular flexibility index (Phi) is 5.04. The number of methoxy groups -OCH3 is 1. The third-order valence-corrected chi connectivity index (χ3v) is 5.88.